The van der Waals surface area contributed by atoms with E-state index in [4.69, 9.17) is 0 Å². The second-order valence-electron chi connectivity index (χ2n) is 7.68. The van der Waals surface area contributed by atoms with E-state index in [1.807, 2.05) is 55.4 Å². The Balaban J connectivity index is 2.03. The van der Waals surface area contributed by atoms with Crippen molar-refractivity contribution in [3.63, 3.8) is 0 Å². The van der Waals surface area contributed by atoms with Crippen molar-refractivity contribution < 1.29 is 14.7 Å². The molecule has 0 fully saturated rings. The van der Waals surface area contributed by atoms with Crippen LogP contribution in [0.15, 0.2) is 58.9 Å². The fourth-order valence-electron chi connectivity index (χ4n) is 4.53. The number of ketones is 1. The molecule has 1 aliphatic heterocycles. The number of nitrogens with one attached hydrogen (secondary N) is 1. The standard InChI is InChI=1S/C23H24N2O3/c1-13-20(23(27)28)21(22-17(24-13)9-6-10-19(22)26)16-11-12-18(25(2)3)15-8-5-4-7-14(15)16/h4-5,7-8,11-12,21,24H,6,9-10H2,1-3H3,(H,27,28). The highest BCUT2D eigenvalue weighted by Gasteiger charge is 2.39. The summed E-state index contributed by atoms with van der Waals surface area (Å²) in [4.78, 5) is 27.1. The van der Waals surface area contributed by atoms with Crippen molar-refractivity contribution in [3.8, 4) is 0 Å². The Labute approximate surface area is 164 Å². The van der Waals surface area contributed by atoms with Crippen LogP contribution in [-0.2, 0) is 9.59 Å². The molecule has 0 radical (unpaired) electrons. The van der Waals surface area contributed by atoms with Gasteiger partial charge < -0.3 is 15.3 Å². The summed E-state index contributed by atoms with van der Waals surface area (Å²) in [5.74, 6) is -1.49. The number of dihydropyridines is 1. The predicted molar refractivity (Wildman–Crippen MR) is 110 cm³/mol. The average Bonchev–Trinajstić information content (AvgIpc) is 2.65. The predicted octanol–water partition coefficient (Wildman–Crippen LogP) is 3.96. The summed E-state index contributed by atoms with van der Waals surface area (Å²) in [6.07, 6.45) is 2.04. The smallest absolute Gasteiger partial charge is 0.334 e. The first-order valence-corrected chi connectivity index (χ1v) is 9.56. The number of rotatable bonds is 3. The van der Waals surface area contributed by atoms with Gasteiger partial charge in [-0.2, -0.15) is 0 Å². The second kappa shape index (κ2) is 6.82. The molecule has 144 valence electrons. The minimum Gasteiger partial charge on any atom is -0.478 e. The molecule has 0 saturated carbocycles. The number of fused-ring (bicyclic) bond motifs is 1. The number of nitrogens with zero attached hydrogens (tertiary/aromatic N) is 1. The van der Waals surface area contributed by atoms with Crippen LogP contribution >= 0.6 is 0 Å². The highest BCUT2D eigenvalue weighted by molar-refractivity contribution is 6.06. The first kappa shape index (κ1) is 18.3. The third-order valence-electron chi connectivity index (χ3n) is 5.73. The monoisotopic (exact) mass is 376 g/mol. The van der Waals surface area contributed by atoms with Gasteiger partial charge >= 0.3 is 5.97 Å². The molecule has 2 N–H and O–H groups in total. The number of carbonyl (C=O) groups is 2. The summed E-state index contributed by atoms with van der Waals surface area (Å²) >= 11 is 0. The van der Waals surface area contributed by atoms with Crippen LogP contribution in [0.3, 0.4) is 0 Å². The van der Waals surface area contributed by atoms with E-state index < -0.39 is 11.9 Å². The highest BCUT2D eigenvalue weighted by Crippen LogP contribution is 2.45. The van der Waals surface area contributed by atoms with Crippen LogP contribution in [0, 0.1) is 0 Å². The van der Waals surface area contributed by atoms with E-state index in [1.54, 1.807) is 6.92 Å². The van der Waals surface area contributed by atoms with Gasteiger partial charge in [0, 0.05) is 54.5 Å². The van der Waals surface area contributed by atoms with Gasteiger partial charge in [0.1, 0.15) is 0 Å². The first-order valence-electron chi connectivity index (χ1n) is 9.56. The van der Waals surface area contributed by atoms with Gasteiger partial charge in [-0.05, 0) is 36.8 Å². The summed E-state index contributed by atoms with van der Waals surface area (Å²) in [7, 11) is 3.98. The van der Waals surface area contributed by atoms with Gasteiger partial charge in [0.05, 0.1) is 5.57 Å². The summed E-state index contributed by atoms with van der Waals surface area (Å²) < 4.78 is 0. The molecular formula is C23H24N2O3. The number of aliphatic carboxylic acids is 1. The molecule has 5 nitrogen and oxygen atoms in total. The molecular weight excluding hydrogens is 352 g/mol. The lowest BCUT2D eigenvalue weighted by Crippen LogP contribution is -2.34. The minimum atomic E-state index is -0.985. The molecule has 2 aromatic carbocycles. The third kappa shape index (κ3) is 2.78. The van der Waals surface area contributed by atoms with Crippen molar-refractivity contribution in [2.75, 3.05) is 19.0 Å². The Morgan fingerprint density at radius 1 is 1.11 bits per heavy atom. The number of anilines is 1. The van der Waals surface area contributed by atoms with Crippen molar-refractivity contribution in [1.82, 2.24) is 5.32 Å². The van der Waals surface area contributed by atoms with E-state index in [0.29, 0.717) is 17.7 Å². The molecule has 1 aliphatic carbocycles. The normalized spacial score (nSPS) is 19.5. The van der Waals surface area contributed by atoms with E-state index in [9.17, 15) is 14.7 Å². The van der Waals surface area contributed by atoms with Gasteiger partial charge in [0.15, 0.2) is 5.78 Å². The Kier molecular flexibility index (Phi) is 4.46. The van der Waals surface area contributed by atoms with Crippen LogP contribution in [0.25, 0.3) is 10.8 Å². The average molecular weight is 376 g/mol. The van der Waals surface area contributed by atoms with E-state index in [1.165, 1.54) is 0 Å². The highest BCUT2D eigenvalue weighted by atomic mass is 16.4. The van der Waals surface area contributed by atoms with Crippen LogP contribution in [0.2, 0.25) is 0 Å². The van der Waals surface area contributed by atoms with Gasteiger partial charge in [0.25, 0.3) is 0 Å². The lowest BCUT2D eigenvalue weighted by molar-refractivity contribution is -0.133. The molecule has 0 spiro atoms. The molecule has 1 unspecified atom stereocenters. The van der Waals surface area contributed by atoms with E-state index in [0.717, 1.165) is 40.6 Å². The van der Waals surface area contributed by atoms with Crippen molar-refractivity contribution in [2.24, 2.45) is 0 Å². The molecule has 0 aromatic heterocycles. The lowest BCUT2D eigenvalue weighted by atomic mass is 9.74. The maximum absolute atomic E-state index is 12.9. The van der Waals surface area contributed by atoms with Crippen LogP contribution < -0.4 is 10.2 Å². The van der Waals surface area contributed by atoms with Gasteiger partial charge in [-0.15, -0.1) is 0 Å². The van der Waals surface area contributed by atoms with Gasteiger partial charge in [-0.1, -0.05) is 30.3 Å². The molecule has 0 amide bonds. The van der Waals surface area contributed by atoms with Crippen molar-refractivity contribution in [2.45, 2.75) is 32.1 Å². The van der Waals surface area contributed by atoms with Crippen molar-refractivity contribution in [3.05, 3.63) is 64.5 Å². The zero-order chi connectivity index (χ0) is 20.0. The summed E-state index contributed by atoms with van der Waals surface area (Å²) in [6.45, 7) is 1.79. The quantitative estimate of drug-likeness (QED) is 0.849. The van der Waals surface area contributed by atoms with Crippen LogP contribution in [0.1, 0.15) is 37.7 Å². The fraction of sp³-hybridized carbons (Fsp3) is 0.304. The SMILES string of the molecule is CC1=C(C(=O)O)C(c2ccc(N(C)C)c3ccccc23)C2=C(CCCC2=O)N1. The van der Waals surface area contributed by atoms with E-state index >= 15 is 0 Å². The number of carboxylic acids is 1. The molecule has 0 saturated heterocycles. The van der Waals surface area contributed by atoms with Crippen molar-refractivity contribution >= 4 is 28.2 Å². The maximum atomic E-state index is 12.9. The Bertz CT molecular complexity index is 1060. The molecule has 5 heteroatoms. The number of carboxylic acid groups (broad SMARTS) is 1. The fourth-order valence-corrected chi connectivity index (χ4v) is 4.53. The Morgan fingerprint density at radius 3 is 2.50 bits per heavy atom. The number of benzene rings is 2. The topological polar surface area (TPSA) is 69.6 Å². The van der Waals surface area contributed by atoms with Gasteiger partial charge in [0.2, 0.25) is 0 Å². The largest absolute Gasteiger partial charge is 0.478 e. The molecule has 0 bridgehead atoms. The zero-order valence-electron chi connectivity index (χ0n) is 16.4. The number of Topliss-reactive ketones (excluding diaryl/α,β-unsaturated/α-hetero) is 1. The first-order chi connectivity index (χ1) is 13.4. The number of carbonyl (C=O) groups excluding carboxylic acids is 1. The molecule has 2 aliphatic rings. The number of hydrogen-bond acceptors (Lipinski definition) is 4. The number of allylic oxidation sites excluding steroid dienone is 3. The van der Waals surface area contributed by atoms with Gasteiger partial charge in [-0.25, -0.2) is 4.79 Å². The third-order valence-corrected chi connectivity index (χ3v) is 5.73. The molecule has 1 atom stereocenters. The van der Waals surface area contributed by atoms with E-state index in [-0.39, 0.29) is 11.4 Å². The lowest BCUT2D eigenvalue weighted by Gasteiger charge is -2.34. The summed E-state index contributed by atoms with van der Waals surface area (Å²) in [5.41, 5.74) is 4.32. The molecule has 2 aromatic rings. The second-order valence-corrected chi connectivity index (χ2v) is 7.68. The van der Waals surface area contributed by atoms with E-state index in [2.05, 4.69) is 5.32 Å². The number of hydrogen-bond donors (Lipinski definition) is 2. The molecule has 4 rings (SSSR count). The summed E-state index contributed by atoms with van der Waals surface area (Å²) in [5, 5.41) is 15.2. The Morgan fingerprint density at radius 2 is 1.82 bits per heavy atom. The molecule has 28 heavy (non-hydrogen) atoms. The van der Waals surface area contributed by atoms with Gasteiger partial charge in [-0.3, -0.25) is 4.79 Å². The maximum Gasteiger partial charge on any atom is 0.334 e. The Hall–Kier alpha value is -3.08. The zero-order valence-corrected chi connectivity index (χ0v) is 16.4. The van der Waals surface area contributed by atoms with Crippen LogP contribution in [-0.4, -0.2) is 31.0 Å². The van der Waals surface area contributed by atoms with Crippen LogP contribution in [0.4, 0.5) is 5.69 Å². The summed E-state index contributed by atoms with van der Waals surface area (Å²) in [6, 6.07) is 12.0. The van der Waals surface area contributed by atoms with Crippen LogP contribution in [0.5, 0.6) is 0 Å². The minimum absolute atomic E-state index is 0.0470. The molecule has 1 heterocycles. The van der Waals surface area contributed by atoms with Crippen molar-refractivity contribution in [1.29, 1.82) is 0 Å².